The molecule has 0 amide bonds. The Labute approximate surface area is 102 Å². The van der Waals surface area contributed by atoms with Gasteiger partial charge in [-0.05, 0) is 6.92 Å². The molecule has 17 heavy (non-hydrogen) atoms. The van der Waals surface area contributed by atoms with Gasteiger partial charge < -0.3 is 15.0 Å². The minimum atomic E-state index is -0.407. The number of aromatic nitrogens is 3. The zero-order chi connectivity index (χ0) is 12.1. The number of hydrogen-bond acceptors (Lipinski definition) is 6. The van der Waals surface area contributed by atoms with Crippen LogP contribution in [0.4, 0.5) is 5.00 Å². The summed E-state index contributed by atoms with van der Waals surface area (Å²) in [7, 11) is 0. The molecule has 0 fully saturated rings. The summed E-state index contributed by atoms with van der Waals surface area (Å²) in [4.78, 5) is 22.6. The summed E-state index contributed by atoms with van der Waals surface area (Å²) in [5, 5.41) is 3.79. The molecule has 0 unspecified atom stereocenters. The molecule has 2 aromatic rings. The van der Waals surface area contributed by atoms with Crippen LogP contribution in [0.5, 0.6) is 0 Å². The van der Waals surface area contributed by atoms with Crippen molar-refractivity contribution in [2.24, 2.45) is 0 Å². The molecule has 0 aliphatic heterocycles. The van der Waals surface area contributed by atoms with Crippen molar-refractivity contribution >= 4 is 22.3 Å². The van der Waals surface area contributed by atoms with Crippen molar-refractivity contribution in [1.82, 2.24) is 15.0 Å². The Morgan fingerprint density at radius 2 is 2.47 bits per heavy atom. The molecule has 0 bridgehead atoms. The number of carbonyl (C=O) groups excluding carboxylic acids is 1. The number of ether oxygens (including phenoxy) is 1. The molecule has 0 spiro atoms. The number of aromatic amines is 1. The third-order valence-electron chi connectivity index (χ3n) is 2.01. The predicted octanol–water partition coefficient (Wildman–Crippen LogP) is 1.65. The normalized spacial score (nSPS) is 10.2. The molecule has 2 N–H and O–H groups in total. The predicted molar refractivity (Wildman–Crippen MR) is 64.0 cm³/mol. The maximum absolute atomic E-state index is 11.5. The van der Waals surface area contributed by atoms with E-state index >= 15 is 0 Å². The third kappa shape index (κ3) is 2.82. The van der Waals surface area contributed by atoms with E-state index in [0.717, 1.165) is 5.82 Å². The van der Waals surface area contributed by atoms with Gasteiger partial charge in [0.25, 0.3) is 0 Å². The van der Waals surface area contributed by atoms with Gasteiger partial charge in [0, 0.05) is 12.4 Å². The molecule has 0 atom stereocenters. The van der Waals surface area contributed by atoms with E-state index in [0.29, 0.717) is 23.8 Å². The van der Waals surface area contributed by atoms with E-state index in [2.05, 4.69) is 20.3 Å². The summed E-state index contributed by atoms with van der Waals surface area (Å²) in [6, 6.07) is 0. The number of anilines is 1. The first-order chi connectivity index (χ1) is 8.31. The fourth-order valence-electron chi connectivity index (χ4n) is 1.28. The lowest BCUT2D eigenvalue weighted by Gasteiger charge is -2.04. The number of thiazole rings is 1. The van der Waals surface area contributed by atoms with Crippen molar-refractivity contribution in [3.8, 4) is 0 Å². The highest BCUT2D eigenvalue weighted by atomic mass is 32.1. The molecule has 0 radical (unpaired) electrons. The summed E-state index contributed by atoms with van der Waals surface area (Å²) in [5.41, 5.74) is 1.93. The van der Waals surface area contributed by atoms with Crippen molar-refractivity contribution < 1.29 is 9.53 Å². The van der Waals surface area contributed by atoms with Gasteiger partial charge in [-0.3, -0.25) is 0 Å². The molecule has 6 nitrogen and oxygen atoms in total. The van der Waals surface area contributed by atoms with Gasteiger partial charge in [0.2, 0.25) is 0 Å². The zero-order valence-electron chi connectivity index (χ0n) is 9.27. The topological polar surface area (TPSA) is 79.9 Å². The maximum atomic E-state index is 11.5. The summed E-state index contributed by atoms with van der Waals surface area (Å²) >= 11 is 1.36. The Balaban J connectivity index is 2.01. The number of rotatable bonds is 5. The second-order valence-electron chi connectivity index (χ2n) is 3.14. The first kappa shape index (κ1) is 11.6. The lowest BCUT2D eigenvalue weighted by molar-refractivity contribution is 0.0521. The molecule has 90 valence electrons. The number of imidazole rings is 1. The SMILES string of the molecule is CCOC(=O)c1ncsc1NCc1ncc[nH]1. The van der Waals surface area contributed by atoms with Crippen LogP contribution in [0.25, 0.3) is 0 Å². The van der Waals surface area contributed by atoms with Crippen LogP contribution in [-0.4, -0.2) is 27.5 Å². The summed E-state index contributed by atoms with van der Waals surface area (Å²) in [6.45, 7) is 2.62. The monoisotopic (exact) mass is 252 g/mol. The lowest BCUT2D eigenvalue weighted by Crippen LogP contribution is -2.09. The Morgan fingerprint density at radius 3 is 3.18 bits per heavy atom. The summed E-state index contributed by atoms with van der Waals surface area (Å²) in [6.07, 6.45) is 3.42. The Bertz CT molecular complexity index is 480. The average Bonchev–Trinajstić information content (AvgIpc) is 2.98. The van der Waals surface area contributed by atoms with Crippen LogP contribution in [-0.2, 0) is 11.3 Å². The van der Waals surface area contributed by atoms with Crippen LogP contribution in [0.3, 0.4) is 0 Å². The van der Waals surface area contributed by atoms with Crippen molar-refractivity contribution in [1.29, 1.82) is 0 Å². The molecule has 0 aromatic carbocycles. The van der Waals surface area contributed by atoms with Gasteiger partial charge in [-0.15, -0.1) is 11.3 Å². The third-order valence-corrected chi connectivity index (χ3v) is 2.79. The molecule has 2 aromatic heterocycles. The van der Waals surface area contributed by atoms with E-state index in [-0.39, 0.29) is 0 Å². The number of carbonyl (C=O) groups is 1. The van der Waals surface area contributed by atoms with Crippen LogP contribution in [0.2, 0.25) is 0 Å². The smallest absolute Gasteiger partial charge is 0.360 e. The van der Waals surface area contributed by atoms with Crippen molar-refractivity contribution in [2.45, 2.75) is 13.5 Å². The van der Waals surface area contributed by atoms with Gasteiger partial charge >= 0.3 is 5.97 Å². The highest BCUT2D eigenvalue weighted by Gasteiger charge is 2.15. The summed E-state index contributed by atoms with van der Waals surface area (Å²) < 4.78 is 4.91. The first-order valence-corrected chi connectivity index (χ1v) is 6.02. The van der Waals surface area contributed by atoms with Crippen LogP contribution in [0.15, 0.2) is 17.9 Å². The number of nitrogens with one attached hydrogen (secondary N) is 2. The van der Waals surface area contributed by atoms with E-state index in [9.17, 15) is 4.79 Å². The summed E-state index contributed by atoms with van der Waals surface area (Å²) in [5.74, 6) is 0.393. The van der Waals surface area contributed by atoms with E-state index in [1.54, 1.807) is 24.8 Å². The van der Waals surface area contributed by atoms with Gasteiger partial charge in [0.05, 0.1) is 18.7 Å². The quantitative estimate of drug-likeness (QED) is 0.791. The Morgan fingerprint density at radius 1 is 1.59 bits per heavy atom. The molecule has 2 heterocycles. The second-order valence-corrected chi connectivity index (χ2v) is 3.99. The minimum Gasteiger partial charge on any atom is -0.461 e. The van der Waals surface area contributed by atoms with E-state index in [4.69, 9.17) is 4.74 Å². The zero-order valence-corrected chi connectivity index (χ0v) is 10.1. The van der Waals surface area contributed by atoms with Crippen molar-refractivity contribution in [3.05, 3.63) is 29.4 Å². The van der Waals surface area contributed by atoms with Crippen LogP contribution < -0.4 is 5.32 Å². The fourth-order valence-corrected chi connectivity index (χ4v) is 1.94. The molecule has 0 saturated heterocycles. The van der Waals surface area contributed by atoms with E-state index in [1.807, 2.05) is 0 Å². The van der Waals surface area contributed by atoms with E-state index < -0.39 is 5.97 Å². The molecule has 0 saturated carbocycles. The van der Waals surface area contributed by atoms with E-state index in [1.165, 1.54) is 11.3 Å². The molecule has 2 rings (SSSR count). The lowest BCUT2D eigenvalue weighted by atomic mass is 10.4. The van der Waals surface area contributed by atoms with Crippen molar-refractivity contribution in [3.63, 3.8) is 0 Å². The maximum Gasteiger partial charge on any atom is 0.360 e. The van der Waals surface area contributed by atoms with Crippen LogP contribution in [0, 0.1) is 0 Å². The largest absolute Gasteiger partial charge is 0.461 e. The molecular weight excluding hydrogens is 240 g/mol. The number of hydrogen-bond donors (Lipinski definition) is 2. The second kappa shape index (κ2) is 5.44. The first-order valence-electron chi connectivity index (χ1n) is 5.14. The minimum absolute atomic E-state index is 0.323. The Hall–Kier alpha value is -1.89. The molecule has 0 aliphatic carbocycles. The fraction of sp³-hybridized carbons (Fsp3) is 0.300. The standard InChI is InChI=1S/C10H12N4O2S/c1-2-16-10(15)8-9(17-6-14-8)13-5-7-11-3-4-12-7/h3-4,6,13H,2,5H2,1H3,(H,11,12). The molecule has 0 aliphatic rings. The number of H-pyrrole nitrogens is 1. The van der Waals surface area contributed by atoms with Crippen LogP contribution >= 0.6 is 11.3 Å². The van der Waals surface area contributed by atoms with Gasteiger partial charge in [-0.25, -0.2) is 14.8 Å². The number of esters is 1. The van der Waals surface area contributed by atoms with Crippen molar-refractivity contribution in [2.75, 3.05) is 11.9 Å². The Kier molecular flexibility index (Phi) is 3.71. The highest BCUT2D eigenvalue weighted by Crippen LogP contribution is 2.21. The highest BCUT2D eigenvalue weighted by molar-refractivity contribution is 7.14. The van der Waals surface area contributed by atoms with Gasteiger partial charge in [-0.1, -0.05) is 0 Å². The molecule has 7 heteroatoms. The average molecular weight is 252 g/mol. The van der Waals surface area contributed by atoms with Gasteiger partial charge in [-0.2, -0.15) is 0 Å². The van der Waals surface area contributed by atoms with Crippen LogP contribution in [0.1, 0.15) is 23.2 Å². The molecular formula is C10H12N4O2S. The van der Waals surface area contributed by atoms with Gasteiger partial charge in [0.15, 0.2) is 5.69 Å². The van der Waals surface area contributed by atoms with Gasteiger partial charge in [0.1, 0.15) is 10.8 Å². The number of nitrogens with zero attached hydrogens (tertiary/aromatic N) is 2.